The number of carbonyl (C=O) groups is 1. The monoisotopic (exact) mass is 308 g/mol. The maximum Gasteiger partial charge on any atom is 0.338 e. The molecule has 0 unspecified atom stereocenters. The van der Waals surface area contributed by atoms with Crippen LogP contribution in [0.3, 0.4) is 0 Å². The third kappa shape index (κ3) is 6.00. The minimum atomic E-state index is -0.339. The quantitative estimate of drug-likeness (QED) is 0.514. The largest absolute Gasteiger partial charge is 0.462 e. The molecule has 0 heterocycles. The minimum absolute atomic E-state index is 0.273. The van der Waals surface area contributed by atoms with Crippen LogP contribution in [0, 0.1) is 0 Å². The highest BCUT2D eigenvalue weighted by molar-refractivity contribution is 6.44. The van der Waals surface area contributed by atoms with E-state index in [2.05, 4.69) is 16.9 Å². The molecule has 114 valence electrons. The summed E-state index contributed by atoms with van der Waals surface area (Å²) < 4.78 is 4.93. The molecule has 0 aliphatic rings. The van der Waals surface area contributed by atoms with Crippen LogP contribution in [0.4, 0.5) is 5.69 Å². The van der Waals surface area contributed by atoms with Gasteiger partial charge in [-0.3, -0.25) is 4.99 Å². The molecule has 0 bridgehead atoms. The van der Waals surface area contributed by atoms with Gasteiger partial charge in [0.15, 0.2) is 0 Å². The Labute approximate surface area is 130 Å². The number of carbonyl (C=O) groups excluding carboxylic acids is 1. The van der Waals surface area contributed by atoms with Crippen LogP contribution in [0.15, 0.2) is 40.9 Å². The lowest BCUT2D eigenvalue weighted by molar-refractivity contribution is 0.0526. The number of amidine groups is 1. The van der Waals surface area contributed by atoms with Gasteiger partial charge in [-0.25, -0.2) is 4.79 Å². The van der Waals surface area contributed by atoms with Crippen LogP contribution < -0.4 is 5.32 Å². The highest BCUT2D eigenvalue weighted by Gasteiger charge is 2.12. The lowest BCUT2D eigenvalue weighted by Gasteiger charge is -2.17. The van der Waals surface area contributed by atoms with Crippen molar-refractivity contribution in [3.05, 3.63) is 41.4 Å². The molecule has 0 saturated carbocycles. The molecule has 0 spiro atoms. The summed E-state index contributed by atoms with van der Waals surface area (Å²) in [6.07, 6.45) is 0. The second-order valence-electron chi connectivity index (χ2n) is 5.46. The summed E-state index contributed by atoms with van der Waals surface area (Å²) in [7, 11) is 0. The molecule has 21 heavy (non-hydrogen) atoms. The average Bonchev–Trinajstić information content (AvgIpc) is 2.37. The normalized spacial score (nSPS) is 12.0. The van der Waals surface area contributed by atoms with E-state index >= 15 is 0 Å². The zero-order valence-electron chi connectivity index (χ0n) is 12.9. The molecule has 1 aromatic carbocycles. The van der Waals surface area contributed by atoms with Crippen molar-refractivity contribution in [1.29, 1.82) is 0 Å². The van der Waals surface area contributed by atoms with Gasteiger partial charge in [0.2, 0.25) is 0 Å². The third-order valence-corrected chi connectivity index (χ3v) is 2.54. The smallest absolute Gasteiger partial charge is 0.338 e. The number of hydrogen-bond donors (Lipinski definition) is 1. The summed E-state index contributed by atoms with van der Waals surface area (Å²) in [5.41, 5.74) is 1.000. The molecule has 4 nitrogen and oxygen atoms in total. The number of ether oxygens (including phenoxy) is 1. The number of anilines is 1. The Kier molecular flexibility index (Phi) is 5.97. The van der Waals surface area contributed by atoms with Crippen LogP contribution in [0.2, 0.25) is 0 Å². The average molecular weight is 309 g/mol. The van der Waals surface area contributed by atoms with Gasteiger partial charge in [-0.15, -0.1) is 0 Å². The lowest BCUT2D eigenvalue weighted by atomic mass is 10.1. The molecule has 1 N–H and O–H groups in total. The Morgan fingerprint density at radius 1 is 1.33 bits per heavy atom. The van der Waals surface area contributed by atoms with Crippen LogP contribution in [-0.4, -0.2) is 24.0 Å². The number of hydrogen-bond acceptors (Lipinski definition) is 3. The highest BCUT2D eigenvalue weighted by atomic mass is 35.5. The minimum Gasteiger partial charge on any atom is -0.462 e. The standard InChI is InChI=1S/C16H21ClN2O2/c1-6-21-15(20)12-7-9-13(10-8-12)18-14(11(2)17)19-16(3,4)5/h7-10H,2,6H2,1,3-5H3,(H,18,19). The number of esters is 1. The van der Waals surface area contributed by atoms with Crippen LogP contribution >= 0.6 is 11.6 Å². The molecule has 1 rings (SSSR count). The van der Waals surface area contributed by atoms with Gasteiger partial charge in [-0.1, -0.05) is 18.2 Å². The molecule has 1 aromatic rings. The molecule has 0 saturated heterocycles. The summed E-state index contributed by atoms with van der Waals surface area (Å²) in [5, 5.41) is 3.43. The predicted molar refractivity (Wildman–Crippen MR) is 88.2 cm³/mol. The summed E-state index contributed by atoms with van der Waals surface area (Å²) in [5.74, 6) is 0.169. The molecule has 0 aliphatic heterocycles. The first-order chi connectivity index (χ1) is 9.73. The van der Waals surface area contributed by atoms with Gasteiger partial charge >= 0.3 is 5.97 Å². The van der Waals surface area contributed by atoms with Crippen LogP contribution in [0.25, 0.3) is 0 Å². The zero-order valence-corrected chi connectivity index (χ0v) is 13.6. The molecule has 0 fully saturated rings. The summed E-state index contributed by atoms with van der Waals surface area (Å²) >= 11 is 5.96. The Morgan fingerprint density at radius 2 is 1.90 bits per heavy atom. The van der Waals surface area contributed by atoms with E-state index in [1.807, 2.05) is 20.8 Å². The molecular weight excluding hydrogens is 288 g/mol. The predicted octanol–water partition coefficient (Wildman–Crippen LogP) is 4.22. The molecule has 0 aliphatic carbocycles. The fourth-order valence-electron chi connectivity index (χ4n) is 1.53. The van der Waals surface area contributed by atoms with Gasteiger partial charge < -0.3 is 10.1 Å². The van der Waals surface area contributed by atoms with E-state index in [0.29, 0.717) is 23.0 Å². The number of nitrogens with zero attached hydrogens (tertiary/aromatic N) is 1. The Morgan fingerprint density at radius 3 is 2.33 bits per heavy atom. The van der Waals surface area contributed by atoms with Crippen LogP contribution in [-0.2, 0) is 4.74 Å². The maximum absolute atomic E-state index is 11.6. The fourth-order valence-corrected chi connectivity index (χ4v) is 1.62. The molecule has 5 heteroatoms. The maximum atomic E-state index is 11.6. The van der Waals surface area contributed by atoms with E-state index in [4.69, 9.17) is 16.3 Å². The number of aliphatic imine (C=N–C) groups is 1. The summed E-state index contributed by atoms with van der Waals surface area (Å²) in [4.78, 5) is 16.0. The first kappa shape index (κ1) is 17.2. The second-order valence-corrected chi connectivity index (χ2v) is 5.92. The Hall–Kier alpha value is -1.81. The van der Waals surface area contributed by atoms with Gasteiger partial charge in [-0.05, 0) is 52.0 Å². The van der Waals surface area contributed by atoms with E-state index < -0.39 is 0 Å². The van der Waals surface area contributed by atoms with Gasteiger partial charge in [0.25, 0.3) is 0 Å². The van der Waals surface area contributed by atoms with Crippen LogP contribution in [0.5, 0.6) is 0 Å². The van der Waals surface area contributed by atoms with Crippen molar-refractivity contribution < 1.29 is 9.53 Å². The van der Waals surface area contributed by atoms with Gasteiger partial charge in [0.05, 0.1) is 22.7 Å². The van der Waals surface area contributed by atoms with E-state index in [1.165, 1.54) is 0 Å². The first-order valence-electron chi connectivity index (χ1n) is 6.72. The topological polar surface area (TPSA) is 50.7 Å². The van der Waals surface area contributed by atoms with Gasteiger partial charge in [0, 0.05) is 5.69 Å². The van der Waals surface area contributed by atoms with Crippen molar-refractivity contribution in [3.8, 4) is 0 Å². The Balaban J connectivity index is 2.89. The summed E-state index contributed by atoms with van der Waals surface area (Å²) in [6.45, 7) is 11.7. The van der Waals surface area contributed by atoms with E-state index in [-0.39, 0.29) is 11.5 Å². The molecule has 0 radical (unpaired) electrons. The second kappa shape index (κ2) is 7.27. The van der Waals surface area contributed by atoms with Crippen LogP contribution in [0.1, 0.15) is 38.1 Å². The number of nitrogens with one attached hydrogen (secondary N) is 1. The van der Waals surface area contributed by atoms with Crippen molar-refractivity contribution in [2.24, 2.45) is 4.99 Å². The van der Waals surface area contributed by atoms with Crippen molar-refractivity contribution in [2.45, 2.75) is 33.2 Å². The molecule has 0 amide bonds. The van der Waals surface area contributed by atoms with Crippen molar-refractivity contribution in [2.75, 3.05) is 11.9 Å². The third-order valence-electron chi connectivity index (χ3n) is 2.36. The fraction of sp³-hybridized carbons (Fsp3) is 0.375. The molecular formula is C16H21ClN2O2. The lowest BCUT2D eigenvalue weighted by Crippen LogP contribution is -2.20. The first-order valence-corrected chi connectivity index (χ1v) is 7.09. The van der Waals surface area contributed by atoms with Gasteiger partial charge in [0.1, 0.15) is 5.84 Å². The molecule has 0 atom stereocenters. The van der Waals surface area contributed by atoms with E-state index in [0.717, 1.165) is 5.69 Å². The molecule has 0 aromatic heterocycles. The van der Waals surface area contributed by atoms with Crippen molar-refractivity contribution in [3.63, 3.8) is 0 Å². The SMILES string of the molecule is C=C(Cl)C(=NC(C)(C)C)Nc1ccc(C(=O)OCC)cc1. The van der Waals surface area contributed by atoms with Gasteiger partial charge in [-0.2, -0.15) is 0 Å². The van der Waals surface area contributed by atoms with Crippen molar-refractivity contribution in [1.82, 2.24) is 0 Å². The number of rotatable bonds is 4. The zero-order chi connectivity index (χ0) is 16.0. The highest BCUT2D eigenvalue weighted by Crippen LogP contribution is 2.16. The van der Waals surface area contributed by atoms with E-state index in [9.17, 15) is 4.79 Å². The van der Waals surface area contributed by atoms with Crippen molar-refractivity contribution >= 4 is 29.1 Å². The van der Waals surface area contributed by atoms with E-state index in [1.54, 1.807) is 31.2 Å². The number of halogens is 1. The Bertz CT molecular complexity index is 542. The number of benzene rings is 1. The summed E-state index contributed by atoms with van der Waals surface area (Å²) in [6, 6.07) is 6.91.